The first-order valence-corrected chi connectivity index (χ1v) is 7.18. The zero-order valence-electron chi connectivity index (χ0n) is 9.90. The molecule has 4 nitrogen and oxygen atoms in total. The Morgan fingerprint density at radius 2 is 1.85 bits per heavy atom. The summed E-state index contributed by atoms with van der Waals surface area (Å²) in [7, 11) is -4.17. The van der Waals surface area contributed by atoms with E-state index in [4.69, 9.17) is 17.3 Å². The van der Waals surface area contributed by atoms with Crippen LogP contribution in [0.1, 0.15) is 0 Å². The molecule has 0 saturated heterocycles. The molecule has 0 saturated carbocycles. The Kier molecular flexibility index (Phi) is 3.82. The summed E-state index contributed by atoms with van der Waals surface area (Å²) in [5, 5.41) is -0.232. The molecule has 0 aromatic heterocycles. The zero-order valence-corrected chi connectivity index (χ0v) is 11.5. The summed E-state index contributed by atoms with van der Waals surface area (Å²) in [6, 6.07) is 6.66. The Labute approximate surface area is 119 Å². The van der Waals surface area contributed by atoms with Gasteiger partial charge in [-0.2, -0.15) is 0 Å². The molecule has 0 atom stereocenters. The Morgan fingerprint density at radius 3 is 2.50 bits per heavy atom. The van der Waals surface area contributed by atoms with Crippen LogP contribution in [0.2, 0.25) is 5.02 Å². The zero-order chi connectivity index (χ0) is 14.9. The molecular formula is C12H9ClF2N2O2S. The summed E-state index contributed by atoms with van der Waals surface area (Å²) in [4.78, 5) is -0.408. The number of sulfonamides is 1. The molecule has 0 aliphatic rings. The molecule has 106 valence electrons. The molecule has 8 heteroatoms. The summed E-state index contributed by atoms with van der Waals surface area (Å²) >= 11 is 5.55. The molecule has 0 fully saturated rings. The molecular weight excluding hydrogens is 310 g/mol. The van der Waals surface area contributed by atoms with Crippen LogP contribution in [0, 0.1) is 11.6 Å². The summed E-state index contributed by atoms with van der Waals surface area (Å²) in [5.74, 6) is -1.72. The van der Waals surface area contributed by atoms with Crippen LogP contribution >= 0.6 is 11.6 Å². The second kappa shape index (κ2) is 5.26. The largest absolute Gasteiger partial charge is 0.399 e. The average molecular weight is 319 g/mol. The van der Waals surface area contributed by atoms with Crippen LogP contribution in [0.5, 0.6) is 0 Å². The molecule has 2 aromatic carbocycles. The topological polar surface area (TPSA) is 72.2 Å². The van der Waals surface area contributed by atoms with Gasteiger partial charge in [-0.05, 0) is 30.3 Å². The van der Waals surface area contributed by atoms with Gasteiger partial charge >= 0.3 is 0 Å². The fourth-order valence-corrected chi connectivity index (χ4v) is 2.82. The fourth-order valence-electron chi connectivity index (χ4n) is 1.53. The molecule has 0 radical (unpaired) electrons. The van der Waals surface area contributed by atoms with Gasteiger partial charge in [-0.1, -0.05) is 17.7 Å². The minimum absolute atomic E-state index is 0.0584. The summed E-state index contributed by atoms with van der Waals surface area (Å²) in [6.45, 7) is 0. The lowest BCUT2D eigenvalue weighted by Gasteiger charge is -2.10. The van der Waals surface area contributed by atoms with Gasteiger partial charge in [0, 0.05) is 5.69 Å². The number of nitrogen functional groups attached to an aromatic ring is 1. The molecule has 20 heavy (non-hydrogen) atoms. The second-order valence-electron chi connectivity index (χ2n) is 3.93. The number of anilines is 2. The number of benzene rings is 2. The van der Waals surface area contributed by atoms with Gasteiger partial charge < -0.3 is 5.73 Å². The lowest BCUT2D eigenvalue weighted by molar-refractivity contribution is 0.593. The van der Waals surface area contributed by atoms with E-state index in [-0.39, 0.29) is 16.4 Å². The van der Waals surface area contributed by atoms with Crippen molar-refractivity contribution in [1.29, 1.82) is 0 Å². The third-order valence-electron chi connectivity index (χ3n) is 2.40. The molecule has 0 aliphatic heterocycles. The predicted octanol–water partition coefficient (Wildman–Crippen LogP) is 3.00. The van der Waals surface area contributed by atoms with E-state index in [1.54, 1.807) is 0 Å². The second-order valence-corrected chi connectivity index (χ2v) is 6.02. The summed E-state index contributed by atoms with van der Waals surface area (Å²) in [5.41, 5.74) is 4.98. The van der Waals surface area contributed by atoms with E-state index in [9.17, 15) is 17.2 Å². The lowest BCUT2D eigenvalue weighted by atomic mass is 10.3. The predicted molar refractivity (Wildman–Crippen MR) is 73.0 cm³/mol. The van der Waals surface area contributed by atoms with Crippen molar-refractivity contribution in [2.45, 2.75) is 4.90 Å². The SMILES string of the molecule is Nc1cc(F)cc(S(=O)(=O)Nc2cccc(Cl)c2F)c1. The molecule has 0 bridgehead atoms. The van der Waals surface area contributed by atoms with E-state index in [2.05, 4.69) is 0 Å². The number of hydrogen-bond donors (Lipinski definition) is 2. The first-order valence-electron chi connectivity index (χ1n) is 5.32. The Morgan fingerprint density at radius 1 is 1.15 bits per heavy atom. The van der Waals surface area contributed by atoms with Gasteiger partial charge in [0.25, 0.3) is 10.0 Å². The van der Waals surface area contributed by atoms with Gasteiger partial charge in [0.05, 0.1) is 15.6 Å². The van der Waals surface area contributed by atoms with Gasteiger partial charge in [-0.25, -0.2) is 17.2 Å². The minimum atomic E-state index is -4.17. The number of nitrogens with two attached hydrogens (primary N) is 1. The van der Waals surface area contributed by atoms with E-state index in [1.807, 2.05) is 4.72 Å². The van der Waals surface area contributed by atoms with Gasteiger partial charge in [0.15, 0.2) is 5.82 Å². The summed E-state index contributed by atoms with van der Waals surface area (Å²) < 4.78 is 52.9. The van der Waals surface area contributed by atoms with Crippen LogP contribution in [0.3, 0.4) is 0 Å². The van der Waals surface area contributed by atoms with Crippen LogP contribution in [0.4, 0.5) is 20.2 Å². The normalized spacial score (nSPS) is 11.3. The standard InChI is InChI=1S/C12H9ClF2N2O2S/c13-10-2-1-3-11(12(10)15)17-20(18,19)9-5-7(14)4-8(16)6-9/h1-6,17H,16H2. The van der Waals surface area contributed by atoms with Crippen molar-refractivity contribution < 1.29 is 17.2 Å². The van der Waals surface area contributed by atoms with Crippen molar-refractivity contribution in [1.82, 2.24) is 0 Å². The van der Waals surface area contributed by atoms with Crippen LogP contribution in [0.15, 0.2) is 41.3 Å². The first-order chi connectivity index (χ1) is 9.29. The Balaban J connectivity index is 2.43. The highest BCUT2D eigenvalue weighted by Crippen LogP contribution is 2.25. The molecule has 3 N–H and O–H groups in total. The maximum atomic E-state index is 13.6. The van der Waals surface area contributed by atoms with Crippen LogP contribution in [0.25, 0.3) is 0 Å². The fraction of sp³-hybridized carbons (Fsp3) is 0. The number of rotatable bonds is 3. The quantitative estimate of drug-likeness (QED) is 0.854. The Hall–Kier alpha value is -1.86. The molecule has 0 unspecified atom stereocenters. The highest BCUT2D eigenvalue weighted by Gasteiger charge is 2.18. The van der Waals surface area contributed by atoms with E-state index in [0.29, 0.717) is 0 Å². The Bertz CT molecular complexity index is 746. The molecule has 2 aromatic rings. The van der Waals surface area contributed by atoms with Gasteiger partial charge in [0.2, 0.25) is 0 Å². The van der Waals surface area contributed by atoms with E-state index < -0.39 is 26.6 Å². The van der Waals surface area contributed by atoms with Crippen molar-refractivity contribution in [3.8, 4) is 0 Å². The van der Waals surface area contributed by atoms with Crippen LogP contribution in [-0.4, -0.2) is 8.42 Å². The first kappa shape index (κ1) is 14.5. The average Bonchev–Trinajstić information content (AvgIpc) is 2.33. The number of hydrogen-bond acceptors (Lipinski definition) is 3. The third kappa shape index (κ3) is 3.00. The molecule has 0 heterocycles. The van der Waals surface area contributed by atoms with Gasteiger partial charge in [-0.3, -0.25) is 4.72 Å². The van der Waals surface area contributed by atoms with Crippen molar-refractivity contribution in [2.24, 2.45) is 0 Å². The van der Waals surface area contributed by atoms with Crippen molar-refractivity contribution in [2.75, 3.05) is 10.5 Å². The summed E-state index contributed by atoms with van der Waals surface area (Å²) in [6.07, 6.45) is 0. The maximum absolute atomic E-state index is 13.6. The highest BCUT2D eigenvalue weighted by atomic mass is 35.5. The van der Waals surface area contributed by atoms with E-state index >= 15 is 0 Å². The number of halogens is 3. The van der Waals surface area contributed by atoms with E-state index in [0.717, 1.165) is 18.2 Å². The molecule has 2 rings (SSSR count). The van der Waals surface area contributed by atoms with Crippen molar-refractivity contribution in [3.05, 3.63) is 53.1 Å². The molecule has 0 spiro atoms. The monoisotopic (exact) mass is 318 g/mol. The maximum Gasteiger partial charge on any atom is 0.262 e. The molecule has 0 amide bonds. The van der Waals surface area contributed by atoms with Gasteiger partial charge in [-0.15, -0.1) is 0 Å². The third-order valence-corrected chi connectivity index (χ3v) is 4.04. The van der Waals surface area contributed by atoms with Crippen molar-refractivity contribution >= 4 is 33.0 Å². The highest BCUT2D eigenvalue weighted by molar-refractivity contribution is 7.92. The van der Waals surface area contributed by atoms with E-state index in [1.165, 1.54) is 18.2 Å². The van der Waals surface area contributed by atoms with Crippen LogP contribution < -0.4 is 10.5 Å². The smallest absolute Gasteiger partial charge is 0.262 e. The van der Waals surface area contributed by atoms with Crippen molar-refractivity contribution in [3.63, 3.8) is 0 Å². The number of nitrogens with one attached hydrogen (secondary N) is 1. The minimum Gasteiger partial charge on any atom is -0.399 e. The van der Waals surface area contributed by atoms with Crippen LogP contribution in [-0.2, 0) is 10.0 Å². The lowest BCUT2D eigenvalue weighted by Crippen LogP contribution is -2.14. The molecule has 0 aliphatic carbocycles. The van der Waals surface area contributed by atoms with Gasteiger partial charge in [0.1, 0.15) is 5.82 Å².